The van der Waals surface area contributed by atoms with Gasteiger partial charge >= 0.3 is 0 Å². The van der Waals surface area contributed by atoms with Crippen LogP contribution in [-0.2, 0) is 30.4 Å². The zero-order valence-electron chi connectivity index (χ0n) is 22.3. The number of amides is 4. The number of likely N-dealkylation sites (N-methyl/N-ethyl adjacent to an activating group) is 1. The molecule has 1 aromatic rings. The number of carbonyl (C=O) groups is 5. The molecular formula is C27H42N4O5. The molecule has 0 spiro atoms. The smallest absolute Gasteiger partial charge is 0.253 e. The van der Waals surface area contributed by atoms with E-state index < -0.39 is 0 Å². The molecule has 1 aromatic carbocycles. The first-order valence-corrected chi connectivity index (χ1v) is 12.5. The molecule has 0 saturated heterocycles. The van der Waals surface area contributed by atoms with E-state index in [1.807, 2.05) is 31.2 Å². The van der Waals surface area contributed by atoms with Crippen molar-refractivity contribution in [1.82, 2.24) is 15.5 Å². The van der Waals surface area contributed by atoms with Gasteiger partial charge in [0.15, 0.2) is 0 Å². The molecule has 36 heavy (non-hydrogen) atoms. The van der Waals surface area contributed by atoms with Gasteiger partial charge in [-0.25, -0.2) is 0 Å². The zero-order chi connectivity index (χ0) is 27.3. The average Bonchev–Trinajstić information content (AvgIpc) is 3.20. The lowest BCUT2D eigenvalue weighted by Crippen LogP contribution is -2.35. The minimum absolute atomic E-state index is 0.0123. The Balaban J connectivity index is 0.000000621. The van der Waals surface area contributed by atoms with Crippen molar-refractivity contribution in [3.63, 3.8) is 0 Å². The van der Waals surface area contributed by atoms with Crippen LogP contribution in [0, 0.1) is 0 Å². The van der Waals surface area contributed by atoms with Crippen molar-refractivity contribution in [3.05, 3.63) is 42.0 Å². The van der Waals surface area contributed by atoms with Gasteiger partial charge in [0.05, 0.1) is 12.6 Å². The Morgan fingerprint density at radius 2 is 1.56 bits per heavy atom. The molecule has 1 unspecified atom stereocenters. The standard InChI is InChI=1S/C12H16N2O4.C12H18N2O.C3H8/c15-9-7-13-10(16)4-2-1-3-8-14-11(17)5-6-12(14)18;1-4-10-5-7-11(8-6-10)14-12(15)9(2)13-3;1-3-2/h5-6,9H,1-4,7-8H2,(H,13,16);5-9,13H,4H2,1-3H3,(H,14,15);3H2,1-2H3. The fraction of sp³-hybridized carbons (Fsp3) is 0.519. The van der Waals surface area contributed by atoms with Crippen LogP contribution in [0.3, 0.4) is 0 Å². The van der Waals surface area contributed by atoms with Crippen molar-refractivity contribution in [2.75, 3.05) is 25.5 Å². The number of imide groups is 1. The molecule has 0 fully saturated rings. The van der Waals surface area contributed by atoms with E-state index in [1.54, 1.807) is 7.05 Å². The monoisotopic (exact) mass is 502 g/mol. The Kier molecular flexibility index (Phi) is 18.1. The SMILES string of the molecule is CCC.CCc1ccc(NC(=O)C(C)NC)cc1.O=CCNC(=O)CCCCCN1C(=O)C=CC1=O. The normalized spacial score (nSPS) is 12.6. The summed E-state index contributed by atoms with van der Waals surface area (Å²) in [4.78, 5) is 56.2. The van der Waals surface area contributed by atoms with Crippen molar-refractivity contribution >= 4 is 35.6 Å². The Bertz CT molecular complexity index is 834. The van der Waals surface area contributed by atoms with Crippen LogP contribution >= 0.6 is 0 Å². The predicted octanol–water partition coefficient (Wildman–Crippen LogP) is 3.00. The summed E-state index contributed by atoms with van der Waals surface area (Å²) in [5.74, 6) is -0.716. The second kappa shape index (κ2) is 19.9. The molecule has 0 aromatic heterocycles. The van der Waals surface area contributed by atoms with E-state index in [-0.39, 0.29) is 36.2 Å². The number of rotatable bonds is 12. The van der Waals surface area contributed by atoms with E-state index in [9.17, 15) is 24.0 Å². The van der Waals surface area contributed by atoms with Crippen LogP contribution in [0.4, 0.5) is 5.69 Å². The van der Waals surface area contributed by atoms with E-state index in [2.05, 4.69) is 36.7 Å². The zero-order valence-corrected chi connectivity index (χ0v) is 22.3. The third-order valence-electron chi connectivity index (χ3n) is 5.02. The number of hydrogen-bond acceptors (Lipinski definition) is 6. The topological polar surface area (TPSA) is 125 Å². The third-order valence-corrected chi connectivity index (χ3v) is 5.02. The van der Waals surface area contributed by atoms with Gasteiger partial charge in [-0.05, 0) is 50.9 Å². The first kappa shape index (κ1) is 32.7. The molecule has 0 aliphatic carbocycles. The first-order valence-electron chi connectivity index (χ1n) is 12.5. The summed E-state index contributed by atoms with van der Waals surface area (Å²) in [5.41, 5.74) is 2.12. The molecule has 4 amide bonds. The molecule has 200 valence electrons. The summed E-state index contributed by atoms with van der Waals surface area (Å²) in [5, 5.41) is 8.18. The van der Waals surface area contributed by atoms with Crippen molar-refractivity contribution in [2.24, 2.45) is 0 Å². The van der Waals surface area contributed by atoms with Crippen LogP contribution in [0.2, 0.25) is 0 Å². The van der Waals surface area contributed by atoms with Gasteiger partial charge in [0.25, 0.3) is 11.8 Å². The van der Waals surface area contributed by atoms with Gasteiger partial charge in [-0.15, -0.1) is 0 Å². The summed E-state index contributed by atoms with van der Waals surface area (Å²) >= 11 is 0. The van der Waals surface area contributed by atoms with Crippen LogP contribution in [0.25, 0.3) is 0 Å². The highest BCUT2D eigenvalue weighted by Gasteiger charge is 2.22. The van der Waals surface area contributed by atoms with Crippen molar-refractivity contribution in [3.8, 4) is 0 Å². The number of aldehydes is 1. The van der Waals surface area contributed by atoms with Crippen LogP contribution < -0.4 is 16.0 Å². The fourth-order valence-corrected chi connectivity index (χ4v) is 2.83. The number of unbranched alkanes of at least 4 members (excludes halogenated alkanes) is 2. The summed E-state index contributed by atoms with van der Waals surface area (Å²) in [6.07, 6.45) is 7.88. The second-order valence-electron chi connectivity index (χ2n) is 8.20. The fourth-order valence-electron chi connectivity index (χ4n) is 2.83. The molecule has 1 aliphatic rings. The van der Waals surface area contributed by atoms with Gasteiger partial charge in [0.2, 0.25) is 11.8 Å². The van der Waals surface area contributed by atoms with E-state index >= 15 is 0 Å². The maximum absolute atomic E-state index is 11.5. The Morgan fingerprint density at radius 3 is 2.06 bits per heavy atom. The van der Waals surface area contributed by atoms with Gasteiger partial charge < -0.3 is 20.7 Å². The Morgan fingerprint density at radius 1 is 0.972 bits per heavy atom. The first-order chi connectivity index (χ1) is 17.2. The Labute approximate surface area is 215 Å². The summed E-state index contributed by atoms with van der Waals surface area (Å²) in [6, 6.07) is 7.74. The van der Waals surface area contributed by atoms with E-state index in [4.69, 9.17) is 0 Å². The maximum Gasteiger partial charge on any atom is 0.253 e. The van der Waals surface area contributed by atoms with Crippen molar-refractivity contribution in [2.45, 2.75) is 72.3 Å². The van der Waals surface area contributed by atoms with E-state index in [0.717, 1.165) is 18.5 Å². The van der Waals surface area contributed by atoms with Crippen molar-refractivity contribution in [1.29, 1.82) is 0 Å². The predicted molar refractivity (Wildman–Crippen MR) is 142 cm³/mol. The molecule has 9 nitrogen and oxygen atoms in total. The number of hydrogen-bond donors (Lipinski definition) is 3. The van der Waals surface area contributed by atoms with Crippen LogP contribution in [0.1, 0.15) is 65.4 Å². The summed E-state index contributed by atoms with van der Waals surface area (Å²) in [6.45, 7) is 8.62. The summed E-state index contributed by atoms with van der Waals surface area (Å²) in [7, 11) is 1.77. The van der Waals surface area contributed by atoms with Gasteiger partial charge in [-0.2, -0.15) is 0 Å². The molecule has 0 radical (unpaired) electrons. The largest absolute Gasteiger partial charge is 0.349 e. The summed E-state index contributed by atoms with van der Waals surface area (Å²) < 4.78 is 0. The number of nitrogens with zero attached hydrogens (tertiary/aromatic N) is 1. The number of anilines is 1. The van der Waals surface area contributed by atoms with Gasteiger partial charge in [0.1, 0.15) is 6.29 Å². The minimum Gasteiger partial charge on any atom is -0.349 e. The van der Waals surface area contributed by atoms with Gasteiger partial charge in [0, 0.05) is 30.8 Å². The number of aryl methyl sites for hydroxylation is 1. The Hall–Kier alpha value is -3.33. The lowest BCUT2D eigenvalue weighted by Gasteiger charge is -2.12. The number of nitrogens with one attached hydrogen (secondary N) is 3. The molecule has 3 N–H and O–H groups in total. The van der Waals surface area contributed by atoms with E-state index in [1.165, 1.54) is 29.0 Å². The highest BCUT2D eigenvalue weighted by molar-refractivity contribution is 6.12. The highest BCUT2D eigenvalue weighted by Crippen LogP contribution is 2.10. The number of benzene rings is 1. The third kappa shape index (κ3) is 14.2. The second-order valence-corrected chi connectivity index (χ2v) is 8.20. The maximum atomic E-state index is 11.5. The molecule has 0 bridgehead atoms. The minimum atomic E-state index is -0.274. The molecular weight excluding hydrogens is 460 g/mol. The molecule has 2 rings (SSSR count). The molecule has 9 heteroatoms. The molecule has 1 aliphatic heterocycles. The quantitative estimate of drug-likeness (QED) is 0.229. The average molecular weight is 503 g/mol. The molecule has 1 atom stereocenters. The number of carbonyl (C=O) groups excluding carboxylic acids is 5. The van der Waals surface area contributed by atoms with Crippen molar-refractivity contribution < 1.29 is 24.0 Å². The lowest BCUT2D eigenvalue weighted by molar-refractivity contribution is -0.137. The molecule has 0 saturated carbocycles. The van der Waals surface area contributed by atoms with E-state index in [0.29, 0.717) is 32.1 Å². The van der Waals surface area contributed by atoms with Crippen LogP contribution in [0.5, 0.6) is 0 Å². The van der Waals surface area contributed by atoms with Gasteiger partial charge in [-0.3, -0.25) is 24.1 Å². The van der Waals surface area contributed by atoms with Gasteiger partial charge in [-0.1, -0.05) is 45.7 Å². The lowest BCUT2D eigenvalue weighted by atomic mass is 10.1. The molecule has 1 heterocycles. The van der Waals surface area contributed by atoms with Crippen LogP contribution in [-0.4, -0.2) is 61.0 Å². The highest BCUT2D eigenvalue weighted by atomic mass is 16.2. The van der Waals surface area contributed by atoms with Crippen LogP contribution in [0.15, 0.2) is 36.4 Å².